The van der Waals surface area contributed by atoms with Gasteiger partial charge in [0.25, 0.3) is 0 Å². The van der Waals surface area contributed by atoms with Gasteiger partial charge in [-0.25, -0.2) is 13.6 Å². The first-order valence-electron chi connectivity index (χ1n) is 4.02. The molecular formula is C10H10F2O2. The van der Waals surface area contributed by atoms with Crippen molar-refractivity contribution >= 4 is 5.97 Å². The van der Waals surface area contributed by atoms with Gasteiger partial charge in [-0.1, -0.05) is 0 Å². The Balaban J connectivity index is 3.40. The van der Waals surface area contributed by atoms with Crippen molar-refractivity contribution in [3.05, 3.63) is 34.4 Å². The molecule has 0 aromatic heterocycles. The van der Waals surface area contributed by atoms with Crippen LogP contribution in [0.1, 0.15) is 21.5 Å². The number of hydrogen-bond donors (Lipinski definition) is 0. The van der Waals surface area contributed by atoms with Crippen molar-refractivity contribution < 1.29 is 18.3 Å². The summed E-state index contributed by atoms with van der Waals surface area (Å²) in [6.45, 7) is 2.75. The number of halogens is 2. The molecule has 0 amide bonds. The minimum atomic E-state index is -0.861. The third-order valence-electron chi connectivity index (χ3n) is 2.01. The highest BCUT2D eigenvalue weighted by Gasteiger charge is 2.18. The number of rotatable bonds is 1. The van der Waals surface area contributed by atoms with E-state index in [2.05, 4.69) is 4.74 Å². The van der Waals surface area contributed by atoms with Gasteiger partial charge >= 0.3 is 5.97 Å². The zero-order valence-electron chi connectivity index (χ0n) is 8.15. The molecule has 2 nitrogen and oxygen atoms in total. The van der Waals surface area contributed by atoms with Crippen LogP contribution >= 0.6 is 0 Å². The summed E-state index contributed by atoms with van der Waals surface area (Å²) in [5.41, 5.74) is -0.168. The number of ether oxygens (including phenoxy) is 1. The van der Waals surface area contributed by atoms with Gasteiger partial charge in [0.05, 0.1) is 12.7 Å². The molecule has 1 rings (SSSR count). The Kier molecular flexibility index (Phi) is 2.84. The normalized spacial score (nSPS) is 10.1. The molecule has 0 atom stereocenters. The van der Waals surface area contributed by atoms with E-state index in [1.54, 1.807) is 0 Å². The monoisotopic (exact) mass is 200 g/mol. The summed E-state index contributed by atoms with van der Waals surface area (Å²) in [5.74, 6) is -2.29. The van der Waals surface area contributed by atoms with Crippen LogP contribution in [0.25, 0.3) is 0 Å². The highest BCUT2D eigenvalue weighted by atomic mass is 19.1. The maximum Gasteiger partial charge on any atom is 0.340 e. The smallest absolute Gasteiger partial charge is 0.340 e. The van der Waals surface area contributed by atoms with E-state index in [1.807, 2.05) is 0 Å². The van der Waals surface area contributed by atoms with E-state index in [0.29, 0.717) is 0 Å². The van der Waals surface area contributed by atoms with Crippen LogP contribution in [-0.2, 0) is 4.74 Å². The van der Waals surface area contributed by atoms with Crippen LogP contribution in [-0.4, -0.2) is 13.1 Å². The van der Waals surface area contributed by atoms with E-state index in [-0.39, 0.29) is 16.7 Å². The summed E-state index contributed by atoms with van der Waals surface area (Å²) in [6, 6.07) is 1.14. The van der Waals surface area contributed by atoms with Crippen molar-refractivity contribution in [2.75, 3.05) is 7.11 Å². The van der Waals surface area contributed by atoms with Crippen molar-refractivity contribution in [3.63, 3.8) is 0 Å². The molecule has 0 bridgehead atoms. The van der Waals surface area contributed by atoms with Gasteiger partial charge < -0.3 is 4.74 Å². The van der Waals surface area contributed by atoms with E-state index in [4.69, 9.17) is 0 Å². The fourth-order valence-electron chi connectivity index (χ4n) is 1.20. The molecule has 4 heteroatoms. The maximum atomic E-state index is 13.3. The number of benzene rings is 1. The van der Waals surface area contributed by atoms with Gasteiger partial charge in [0.15, 0.2) is 0 Å². The van der Waals surface area contributed by atoms with E-state index >= 15 is 0 Å². The predicted molar refractivity (Wildman–Crippen MR) is 47.2 cm³/mol. The molecule has 0 fully saturated rings. The van der Waals surface area contributed by atoms with Crippen molar-refractivity contribution in [1.82, 2.24) is 0 Å². The van der Waals surface area contributed by atoms with Gasteiger partial charge in [-0.2, -0.15) is 0 Å². The summed E-state index contributed by atoms with van der Waals surface area (Å²) in [5, 5.41) is 0. The highest BCUT2D eigenvalue weighted by Crippen LogP contribution is 2.20. The molecule has 0 saturated heterocycles. The fraction of sp³-hybridized carbons (Fsp3) is 0.300. The van der Waals surface area contributed by atoms with Crippen LogP contribution in [0.5, 0.6) is 0 Å². The lowest BCUT2D eigenvalue weighted by atomic mass is 10.1. The van der Waals surface area contributed by atoms with Gasteiger partial charge in [-0.05, 0) is 25.5 Å². The predicted octanol–water partition coefficient (Wildman–Crippen LogP) is 2.37. The minimum absolute atomic E-state index is 0.162. The van der Waals surface area contributed by atoms with Crippen molar-refractivity contribution in [3.8, 4) is 0 Å². The van der Waals surface area contributed by atoms with Gasteiger partial charge in [0, 0.05) is 5.56 Å². The molecule has 0 spiro atoms. The molecule has 76 valence electrons. The van der Waals surface area contributed by atoms with Crippen molar-refractivity contribution in [2.45, 2.75) is 13.8 Å². The van der Waals surface area contributed by atoms with Crippen LogP contribution in [0.15, 0.2) is 6.07 Å². The Morgan fingerprint density at radius 2 is 1.86 bits per heavy atom. The maximum absolute atomic E-state index is 13.3. The van der Waals surface area contributed by atoms with Crippen LogP contribution < -0.4 is 0 Å². The average Bonchev–Trinajstić information content (AvgIpc) is 2.19. The van der Waals surface area contributed by atoms with Crippen molar-refractivity contribution in [2.24, 2.45) is 0 Å². The standard InChI is InChI=1S/C10H10F2O2/c1-5-4-7(10(13)14-3)9(12)6(2)8(5)11/h4H,1-3H3. The van der Waals surface area contributed by atoms with E-state index < -0.39 is 17.6 Å². The van der Waals surface area contributed by atoms with Crippen LogP contribution in [0.3, 0.4) is 0 Å². The fourth-order valence-corrected chi connectivity index (χ4v) is 1.20. The summed E-state index contributed by atoms with van der Waals surface area (Å²) in [7, 11) is 1.15. The first-order chi connectivity index (χ1) is 6.49. The molecule has 0 aliphatic heterocycles. The molecule has 0 aliphatic rings. The quantitative estimate of drug-likeness (QED) is 0.650. The molecule has 0 aliphatic carbocycles. The molecule has 0 radical (unpaired) electrons. The number of carbonyl (C=O) groups excluding carboxylic acids is 1. The van der Waals surface area contributed by atoms with Crippen LogP contribution in [0, 0.1) is 25.5 Å². The largest absolute Gasteiger partial charge is 0.465 e. The van der Waals surface area contributed by atoms with E-state index in [9.17, 15) is 13.6 Å². The molecule has 0 N–H and O–H groups in total. The van der Waals surface area contributed by atoms with Crippen molar-refractivity contribution in [1.29, 1.82) is 0 Å². The molecule has 1 aromatic carbocycles. The number of aryl methyl sites for hydroxylation is 1. The lowest BCUT2D eigenvalue weighted by Crippen LogP contribution is -2.08. The van der Waals surface area contributed by atoms with Gasteiger partial charge in [-0.3, -0.25) is 0 Å². The molecule has 14 heavy (non-hydrogen) atoms. The van der Waals surface area contributed by atoms with Gasteiger partial charge in [0.1, 0.15) is 11.6 Å². The molecule has 0 heterocycles. The second-order valence-corrected chi connectivity index (χ2v) is 2.99. The average molecular weight is 200 g/mol. The third-order valence-corrected chi connectivity index (χ3v) is 2.01. The van der Waals surface area contributed by atoms with E-state index in [1.165, 1.54) is 13.8 Å². The summed E-state index contributed by atoms with van der Waals surface area (Å²) >= 11 is 0. The first kappa shape index (κ1) is 10.6. The second kappa shape index (κ2) is 3.74. The highest BCUT2D eigenvalue weighted by molar-refractivity contribution is 5.90. The summed E-state index contributed by atoms with van der Waals surface area (Å²) in [6.07, 6.45) is 0. The topological polar surface area (TPSA) is 26.3 Å². The minimum Gasteiger partial charge on any atom is -0.465 e. The Bertz CT molecular complexity index is 386. The molecule has 1 aromatic rings. The lowest BCUT2D eigenvalue weighted by Gasteiger charge is -2.07. The van der Waals surface area contributed by atoms with Crippen LogP contribution in [0.4, 0.5) is 8.78 Å². The molecule has 0 saturated carbocycles. The Labute approximate surface area is 80.5 Å². The summed E-state index contributed by atoms with van der Waals surface area (Å²) in [4.78, 5) is 11.1. The summed E-state index contributed by atoms with van der Waals surface area (Å²) < 4.78 is 30.9. The van der Waals surface area contributed by atoms with E-state index in [0.717, 1.165) is 13.2 Å². The first-order valence-corrected chi connectivity index (χ1v) is 4.02. The zero-order valence-corrected chi connectivity index (χ0v) is 8.15. The molecular weight excluding hydrogens is 190 g/mol. The SMILES string of the molecule is COC(=O)c1cc(C)c(F)c(C)c1F. The Hall–Kier alpha value is -1.45. The Morgan fingerprint density at radius 1 is 1.29 bits per heavy atom. The Morgan fingerprint density at radius 3 is 2.36 bits per heavy atom. The number of carbonyl (C=O) groups is 1. The number of hydrogen-bond acceptors (Lipinski definition) is 2. The number of esters is 1. The molecule has 0 unspecified atom stereocenters. The van der Waals surface area contributed by atoms with Crippen LogP contribution in [0.2, 0.25) is 0 Å². The number of methoxy groups -OCH3 is 1. The lowest BCUT2D eigenvalue weighted by molar-refractivity contribution is 0.0595. The second-order valence-electron chi connectivity index (χ2n) is 2.99. The van der Waals surface area contributed by atoms with Gasteiger partial charge in [0.2, 0.25) is 0 Å². The third kappa shape index (κ3) is 1.60. The van der Waals surface area contributed by atoms with Gasteiger partial charge in [-0.15, -0.1) is 0 Å². The zero-order chi connectivity index (χ0) is 10.9.